The summed E-state index contributed by atoms with van der Waals surface area (Å²) in [6.45, 7) is -0.0227. The molecule has 3 aromatic rings. The van der Waals surface area contributed by atoms with Gasteiger partial charge in [-0.05, 0) is 6.42 Å². The second-order valence-corrected chi connectivity index (χ2v) is 9.43. The quantitative estimate of drug-likeness (QED) is 0.401. The maximum absolute atomic E-state index is 13.5. The maximum atomic E-state index is 13.5. The number of alkyl halides is 6. The molecule has 0 aromatic carbocycles. The molecule has 0 unspecified atom stereocenters. The standard InChI is InChI=1S/C21H22F6N8O3S/c1-38-10-14-30-11-34(32-14)9-15(37)35-4-3-33(8-13(35)2-5-36)17-16(31-19(39-17)21(25,26)27)12-6-28-18(29-7-12)20(22,23)24/h6-7,11,13,36H,2-5,8-10H2,1H3/t13-/m1/s1. The van der Waals surface area contributed by atoms with Gasteiger partial charge in [0.2, 0.25) is 16.7 Å². The first kappa shape index (κ1) is 28.6. The van der Waals surface area contributed by atoms with E-state index in [0.29, 0.717) is 17.2 Å². The number of thiazole rings is 1. The lowest BCUT2D eigenvalue weighted by Crippen LogP contribution is -2.56. The number of anilines is 1. The number of halogens is 6. The maximum Gasteiger partial charge on any atom is 0.451 e. The number of carbonyl (C=O) groups excluding carboxylic acids is 1. The molecule has 39 heavy (non-hydrogen) atoms. The molecule has 4 heterocycles. The molecule has 1 fully saturated rings. The number of rotatable bonds is 8. The zero-order valence-electron chi connectivity index (χ0n) is 20.3. The summed E-state index contributed by atoms with van der Waals surface area (Å²) in [7, 11) is 1.47. The van der Waals surface area contributed by atoms with Crippen LogP contribution in [0.3, 0.4) is 0 Å². The topological polar surface area (TPSA) is 122 Å². The van der Waals surface area contributed by atoms with E-state index in [1.54, 1.807) is 4.90 Å². The summed E-state index contributed by atoms with van der Waals surface area (Å²) in [6.07, 6.45) is -6.56. The van der Waals surface area contributed by atoms with Gasteiger partial charge in [0, 0.05) is 51.3 Å². The van der Waals surface area contributed by atoms with Crippen molar-refractivity contribution >= 4 is 22.2 Å². The molecule has 0 aliphatic carbocycles. The molecule has 1 N–H and O–H groups in total. The third-order valence-corrected chi connectivity index (χ3v) is 6.90. The number of amides is 1. The lowest BCUT2D eigenvalue weighted by atomic mass is 10.1. The molecule has 1 aliphatic rings. The molecular formula is C21H22F6N8O3S. The largest absolute Gasteiger partial charge is 0.451 e. The molecule has 11 nitrogen and oxygen atoms in total. The van der Waals surface area contributed by atoms with E-state index in [0.717, 1.165) is 12.4 Å². The Morgan fingerprint density at radius 3 is 2.46 bits per heavy atom. The van der Waals surface area contributed by atoms with Gasteiger partial charge in [0.25, 0.3) is 0 Å². The molecule has 212 valence electrons. The van der Waals surface area contributed by atoms with E-state index >= 15 is 0 Å². The molecule has 0 saturated carbocycles. The number of aromatic nitrogens is 6. The van der Waals surface area contributed by atoms with Crippen LogP contribution in [0.2, 0.25) is 0 Å². The van der Waals surface area contributed by atoms with Crippen LogP contribution in [0.1, 0.15) is 23.1 Å². The summed E-state index contributed by atoms with van der Waals surface area (Å²) in [5.74, 6) is -1.39. The number of hydrogen-bond acceptors (Lipinski definition) is 10. The Morgan fingerprint density at radius 2 is 1.85 bits per heavy atom. The number of ether oxygens (including phenoxy) is 1. The van der Waals surface area contributed by atoms with Gasteiger partial charge in [-0.1, -0.05) is 11.3 Å². The fraction of sp³-hybridized carbons (Fsp3) is 0.524. The van der Waals surface area contributed by atoms with Crippen molar-refractivity contribution < 1.29 is 41.0 Å². The van der Waals surface area contributed by atoms with Crippen LogP contribution in [0, 0.1) is 0 Å². The van der Waals surface area contributed by atoms with Crippen LogP contribution in [0.25, 0.3) is 11.3 Å². The molecule has 18 heteroatoms. The Kier molecular flexibility index (Phi) is 8.36. The van der Waals surface area contributed by atoms with Gasteiger partial charge in [-0.3, -0.25) is 4.79 Å². The van der Waals surface area contributed by atoms with Crippen LogP contribution in [0.4, 0.5) is 31.3 Å². The molecule has 0 bridgehead atoms. The van der Waals surface area contributed by atoms with E-state index < -0.39 is 29.2 Å². The number of aliphatic hydroxyl groups excluding tert-OH is 1. The highest BCUT2D eigenvalue weighted by Crippen LogP contribution is 2.43. The molecular weight excluding hydrogens is 558 g/mol. The van der Waals surface area contributed by atoms with E-state index in [4.69, 9.17) is 4.74 Å². The fourth-order valence-electron chi connectivity index (χ4n) is 4.03. The summed E-state index contributed by atoms with van der Waals surface area (Å²) in [6, 6.07) is -0.577. The number of hydrogen-bond donors (Lipinski definition) is 1. The lowest BCUT2D eigenvalue weighted by molar-refractivity contribution is -0.145. The molecule has 0 spiro atoms. The Bertz CT molecular complexity index is 1280. The zero-order chi connectivity index (χ0) is 28.4. The van der Waals surface area contributed by atoms with E-state index in [2.05, 4.69) is 25.0 Å². The Morgan fingerprint density at radius 1 is 1.13 bits per heavy atom. The van der Waals surface area contributed by atoms with Crippen molar-refractivity contribution in [3.8, 4) is 11.3 Å². The number of aliphatic hydroxyl groups is 1. The van der Waals surface area contributed by atoms with Crippen LogP contribution in [0.5, 0.6) is 0 Å². The highest BCUT2D eigenvalue weighted by atomic mass is 32.1. The summed E-state index contributed by atoms with van der Waals surface area (Å²) in [4.78, 5) is 30.3. The number of carbonyl (C=O) groups is 1. The minimum atomic E-state index is -4.82. The molecule has 4 rings (SSSR count). The lowest BCUT2D eigenvalue weighted by Gasteiger charge is -2.42. The van der Waals surface area contributed by atoms with Crippen LogP contribution in [-0.2, 0) is 35.0 Å². The monoisotopic (exact) mass is 580 g/mol. The smallest absolute Gasteiger partial charge is 0.396 e. The average molecular weight is 581 g/mol. The second kappa shape index (κ2) is 11.4. The molecule has 1 saturated heterocycles. The van der Waals surface area contributed by atoms with Gasteiger partial charge in [0.15, 0.2) is 5.82 Å². The van der Waals surface area contributed by atoms with Crippen molar-refractivity contribution in [2.24, 2.45) is 0 Å². The van der Waals surface area contributed by atoms with Crippen molar-refractivity contribution in [1.82, 2.24) is 34.6 Å². The second-order valence-electron chi connectivity index (χ2n) is 8.45. The van der Waals surface area contributed by atoms with E-state index in [-0.39, 0.29) is 68.0 Å². The summed E-state index contributed by atoms with van der Waals surface area (Å²) < 4.78 is 85.6. The molecule has 1 amide bonds. The first-order chi connectivity index (χ1) is 18.4. The molecule has 1 aliphatic heterocycles. The SMILES string of the molecule is COCc1ncn(CC(=O)N2CCN(c3sc(C(F)(F)F)nc3-c3cnc(C(F)(F)F)nc3)C[C@H]2CCO)n1. The molecule has 1 atom stereocenters. The highest BCUT2D eigenvalue weighted by molar-refractivity contribution is 7.16. The van der Waals surface area contributed by atoms with Crippen molar-refractivity contribution in [2.45, 2.75) is 38.0 Å². The predicted octanol–water partition coefficient (Wildman–Crippen LogP) is 2.48. The molecule has 0 radical (unpaired) electrons. The highest BCUT2D eigenvalue weighted by Gasteiger charge is 2.39. The van der Waals surface area contributed by atoms with E-state index in [1.165, 1.54) is 23.0 Å². The van der Waals surface area contributed by atoms with Gasteiger partial charge in [0.05, 0.1) is 6.04 Å². The van der Waals surface area contributed by atoms with Crippen molar-refractivity contribution in [3.05, 3.63) is 35.4 Å². The average Bonchev–Trinajstić information content (AvgIpc) is 3.51. The minimum Gasteiger partial charge on any atom is -0.396 e. The third kappa shape index (κ3) is 6.62. The van der Waals surface area contributed by atoms with Gasteiger partial charge in [-0.2, -0.15) is 31.4 Å². The number of methoxy groups -OCH3 is 1. The van der Waals surface area contributed by atoms with Crippen LogP contribution >= 0.6 is 11.3 Å². The zero-order valence-corrected chi connectivity index (χ0v) is 21.1. The minimum absolute atomic E-state index is 0.0428. The van der Waals surface area contributed by atoms with Gasteiger partial charge in [0.1, 0.15) is 30.2 Å². The Labute approximate surface area is 221 Å². The summed E-state index contributed by atoms with van der Waals surface area (Å²) >= 11 is 0.329. The number of nitrogens with zero attached hydrogens (tertiary/aromatic N) is 8. The normalized spacial score (nSPS) is 16.7. The van der Waals surface area contributed by atoms with Crippen molar-refractivity contribution in [3.63, 3.8) is 0 Å². The van der Waals surface area contributed by atoms with E-state index in [9.17, 15) is 36.2 Å². The summed E-state index contributed by atoms with van der Waals surface area (Å²) in [5.41, 5.74) is -0.350. The van der Waals surface area contributed by atoms with E-state index in [1.807, 2.05) is 0 Å². The number of piperazine rings is 1. The predicted molar refractivity (Wildman–Crippen MR) is 123 cm³/mol. The third-order valence-electron chi connectivity index (χ3n) is 5.74. The Balaban J connectivity index is 1.58. The molecule has 3 aromatic heterocycles. The van der Waals surface area contributed by atoms with Crippen molar-refractivity contribution in [1.29, 1.82) is 0 Å². The van der Waals surface area contributed by atoms with Gasteiger partial charge >= 0.3 is 12.4 Å². The van der Waals surface area contributed by atoms with Crippen LogP contribution in [0.15, 0.2) is 18.7 Å². The van der Waals surface area contributed by atoms with Crippen LogP contribution < -0.4 is 4.90 Å². The Hall–Kier alpha value is -3.38. The van der Waals surface area contributed by atoms with Gasteiger partial charge < -0.3 is 19.6 Å². The first-order valence-electron chi connectivity index (χ1n) is 11.4. The van der Waals surface area contributed by atoms with Gasteiger partial charge in [-0.25, -0.2) is 24.6 Å². The van der Waals surface area contributed by atoms with Crippen molar-refractivity contribution in [2.75, 3.05) is 38.3 Å². The fourth-order valence-corrected chi connectivity index (χ4v) is 5.02. The first-order valence-corrected chi connectivity index (χ1v) is 12.2. The summed E-state index contributed by atoms with van der Waals surface area (Å²) in [5, 5.41) is 12.6. The van der Waals surface area contributed by atoms with Crippen LogP contribution in [-0.4, -0.2) is 85.0 Å². The van der Waals surface area contributed by atoms with Gasteiger partial charge in [-0.15, -0.1) is 0 Å².